The van der Waals surface area contributed by atoms with Crippen molar-refractivity contribution in [2.45, 2.75) is 25.7 Å². The summed E-state index contributed by atoms with van der Waals surface area (Å²) in [6, 6.07) is 14.7. The van der Waals surface area contributed by atoms with Crippen LogP contribution in [0.5, 0.6) is 17.2 Å². The molecule has 3 rings (SSSR count). The molecule has 0 saturated carbocycles. The van der Waals surface area contributed by atoms with Gasteiger partial charge in [-0.3, -0.25) is 9.10 Å². The van der Waals surface area contributed by atoms with Crippen molar-refractivity contribution in [3.63, 3.8) is 0 Å². The summed E-state index contributed by atoms with van der Waals surface area (Å²) in [4.78, 5) is 13.1. The Morgan fingerprint density at radius 1 is 0.829 bits per heavy atom. The van der Waals surface area contributed by atoms with Gasteiger partial charge in [0.15, 0.2) is 11.5 Å². The molecule has 0 radical (unpaired) electrons. The number of sulfonamides is 1. The average molecular weight is 499 g/mol. The van der Waals surface area contributed by atoms with Crippen LogP contribution in [0.25, 0.3) is 0 Å². The minimum Gasteiger partial charge on any atom is -0.497 e. The van der Waals surface area contributed by atoms with E-state index in [0.717, 1.165) is 21.0 Å². The maximum absolute atomic E-state index is 13.7. The van der Waals surface area contributed by atoms with Gasteiger partial charge in [0.1, 0.15) is 12.3 Å². The molecule has 0 aromatic heterocycles. The van der Waals surface area contributed by atoms with Gasteiger partial charge in [0, 0.05) is 11.8 Å². The van der Waals surface area contributed by atoms with Gasteiger partial charge in [-0.1, -0.05) is 17.7 Å². The highest BCUT2D eigenvalue weighted by atomic mass is 32.2. The number of ether oxygens (including phenoxy) is 3. The summed E-state index contributed by atoms with van der Waals surface area (Å²) in [7, 11) is 0.264. The number of anilines is 2. The first-order chi connectivity index (χ1) is 16.6. The van der Waals surface area contributed by atoms with Gasteiger partial charge in [0.25, 0.3) is 10.0 Å². The van der Waals surface area contributed by atoms with Crippen molar-refractivity contribution in [1.29, 1.82) is 0 Å². The van der Waals surface area contributed by atoms with Crippen molar-refractivity contribution < 1.29 is 27.4 Å². The van der Waals surface area contributed by atoms with Crippen molar-refractivity contribution in [1.82, 2.24) is 0 Å². The number of carbonyl (C=O) groups excluding carboxylic acids is 1. The first kappa shape index (κ1) is 25.9. The zero-order chi connectivity index (χ0) is 25.8. The van der Waals surface area contributed by atoms with E-state index in [-0.39, 0.29) is 10.6 Å². The van der Waals surface area contributed by atoms with E-state index in [2.05, 4.69) is 5.32 Å². The Morgan fingerprint density at radius 2 is 1.43 bits per heavy atom. The summed E-state index contributed by atoms with van der Waals surface area (Å²) >= 11 is 0. The number of hydrogen-bond donors (Lipinski definition) is 1. The maximum Gasteiger partial charge on any atom is 0.264 e. The highest BCUT2D eigenvalue weighted by Crippen LogP contribution is 2.33. The van der Waals surface area contributed by atoms with E-state index < -0.39 is 22.5 Å². The van der Waals surface area contributed by atoms with Crippen LogP contribution in [0.4, 0.5) is 11.4 Å². The largest absolute Gasteiger partial charge is 0.497 e. The second-order valence-electron chi connectivity index (χ2n) is 8.05. The second kappa shape index (κ2) is 10.7. The van der Waals surface area contributed by atoms with Gasteiger partial charge >= 0.3 is 0 Å². The standard InChI is InChI=1S/C26H30N2O6S/c1-17-13-18(2)26(19(3)14-17)27-25(29)16-28(20-7-9-21(32-4)10-8-20)35(30,31)22-11-12-23(33-5)24(15-22)34-6/h7-15H,16H2,1-6H3,(H,27,29). The van der Waals surface area contributed by atoms with E-state index >= 15 is 0 Å². The molecule has 1 N–H and O–H groups in total. The summed E-state index contributed by atoms with van der Waals surface area (Å²) in [5, 5.41) is 2.88. The topological polar surface area (TPSA) is 94.2 Å². The summed E-state index contributed by atoms with van der Waals surface area (Å²) in [5.41, 5.74) is 3.85. The molecule has 0 unspecified atom stereocenters. The van der Waals surface area contributed by atoms with Gasteiger partial charge in [-0.05, 0) is 68.3 Å². The lowest BCUT2D eigenvalue weighted by Crippen LogP contribution is -2.38. The Bertz CT molecular complexity index is 1300. The van der Waals surface area contributed by atoms with E-state index in [1.807, 2.05) is 32.9 Å². The number of nitrogens with one attached hydrogen (secondary N) is 1. The lowest BCUT2D eigenvalue weighted by atomic mass is 10.1. The minimum atomic E-state index is -4.15. The van der Waals surface area contributed by atoms with Crippen LogP contribution in [0.1, 0.15) is 16.7 Å². The first-order valence-electron chi connectivity index (χ1n) is 10.9. The molecule has 9 heteroatoms. The second-order valence-corrected chi connectivity index (χ2v) is 9.91. The molecule has 0 bridgehead atoms. The zero-order valence-corrected chi connectivity index (χ0v) is 21.5. The number of hydrogen-bond acceptors (Lipinski definition) is 6. The summed E-state index contributed by atoms with van der Waals surface area (Å²) in [5.74, 6) is 0.747. The Labute approximate surface area is 206 Å². The SMILES string of the molecule is COc1ccc(N(CC(=O)Nc2c(C)cc(C)cc2C)S(=O)(=O)c2ccc(OC)c(OC)c2)cc1. The van der Waals surface area contributed by atoms with Gasteiger partial charge in [0.2, 0.25) is 5.91 Å². The lowest BCUT2D eigenvalue weighted by Gasteiger charge is -2.25. The molecule has 0 aliphatic rings. The molecule has 8 nitrogen and oxygen atoms in total. The summed E-state index contributed by atoms with van der Waals surface area (Å²) in [6.07, 6.45) is 0. The molecule has 0 spiro atoms. The first-order valence-corrected chi connectivity index (χ1v) is 12.3. The third-order valence-corrected chi connectivity index (χ3v) is 7.30. The van der Waals surface area contributed by atoms with Crippen molar-refractivity contribution in [3.05, 3.63) is 71.3 Å². The number of benzene rings is 3. The number of rotatable bonds is 9. The predicted octanol–water partition coefficient (Wildman–Crippen LogP) is 4.47. The molecule has 3 aromatic carbocycles. The summed E-state index contributed by atoms with van der Waals surface area (Å²) < 4.78 is 44.2. The van der Waals surface area contributed by atoms with Crippen LogP contribution in [0.15, 0.2) is 59.5 Å². The molecule has 186 valence electrons. The Kier molecular flexibility index (Phi) is 7.91. The van der Waals surface area contributed by atoms with Crippen molar-refractivity contribution in [2.24, 2.45) is 0 Å². The summed E-state index contributed by atoms with van der Waals surface area (Å²) in [6.45, 7) is 5.34. The fourth-order valence-corrected chi connectivity index (χ4v) is 5.29. The molecule has 0 saturated heterocycles. The van der Waals surface area contributed by atoms with Gasteiger partial charge in [-0.2, -0.15) is 0 Å². The van der Waals surface area contributed by atoms with E-state index in [1.165, 1.54) is 39.5 Å². The Morgan fingerprint density at radius 3 is 1.97 bits per heavy atom. The minimum absolute atomic E-state index is 0.0403. The lowest BCUT2D eigenvalue weighted by molar-refractivity contribution is -0.114. The van der Waals surface area contributed by atoms with E-state index in [9.17, 15) is 13.2 Å². The molecular formula is C26H30N2O6S. The molecule has 3 aromatic rings. The quantitative estimate of drug-likeness (QED) is 0.468. The zero-order valence-electron chi connectivity index (χ0n) is 20.7. The van der Waals surface area contributed by atoms with Crippen LogP contribution in [0, 0.1) is 20.8 Å². The maximum atomic E-state index is 13.7. The molecule has 1 amide bonds. The predicted molar refractivity (Wildman–Crippen MR) is 136 cm³/mol. The number of amides is 1. The molecule has 0 heterocycles. The van der Waals surface area contributed by atoms with E-state index in [0.29, 0.717) is 22.9 Å². The van der Waals surface area contributed by atoms with Crippen LogP contribution in [-0.2, 0) is 14.8 Å². The number of methoxy groups -OCH3 is 3. The number of carbonyl (C=O) groups is 1. The van der Waals surface area contributed by atoms with Crippen LogP contribution in [-0.4, -0.2) is 42.2 Å². The fourth-order valence-electron chi connectivity index (χ4n) is 3.85. The van der Waals surface area contributed by atoms with Crippen molar-refractivity contribution in [2.75, 3.05) is 37.5 Å². The molecule has 0 fully saturated rings. The van der Waals surface area contributed by atoms with Gasteiger partial charge in [-0.15, -0.1) is 0 Å². The van der Waals surface area contributed by atoms with Gasteiger partial charge in [0.05, 0.1) is 31.9 Å². The normalized spacial score (nSPS) is 11.0. The Hall–Kier alpha value is -3.72. The third-order valence-electron chi connectivity index (χ3n) is 5.53. The monoisotopic (exact) mass is 498 g/mol. The van der Waals surface area contributed by atoms with Crippen LogP contribution >= 0.6 is 0 Å². The molecule has 0 aliphatic heterocycles. The smallest absolute Gasteiger partial charge is 0.264 e. The van der Waals surface area contributed by atoms with Gasteiger partial charge < -0.3 is 19.5 Å². The highest BCUT2D eigenvalue weighted by molar-refractivity contribution is 7.92. The molecule has 0 aliphatic carbocycles. The molecule has 0 atom stereocenters. The van der Waals surface area contributed by atoms with Crippen molar-refractivity contribution >= 4 is 27.3 Å². The number of aryl methyl sites for hydroxylation is 3. The third kappa shape index (κ3) is 5.68. The molecule has 35 heavy (non-hydrogen) atoms. The number of nitrogens with zero attached hydrogens (tertiary/aromatic N) is 1. The van der Waals surface area contributed by atoms with E-state index in [1.54, 1.807) is 24.3 Å². The van der Waals surface area contributed by atoms with Crippen LogP contribution in [0.3, 0.4) is 0 Å². The van der Waals surface area contributed by atoms with Crippen molar-refractivity contribution in [3.8, 4) is 17.2 Å². The van der Waals surface area contributed by atoms with Gasteiger partial charge in [-0.25, -0.2) is 8.42 Å². The Balaban J connectivity index is 2.02. The van der Waals surface area contributed by atoms with E-state index in [4.69, 9.17) is 14.2 Å². The highest BCUT2D eigenvalue weighted by Gasteiger charge is 2.29. The molecular weight excluding hydrogens is 468 g/mol. The van der Waals surface area contributed by atoms with Crippen LogP contribution in [0.2, 0.25) is 0 Å². The average Bonchev–Trinajstić information content (AvgIpc) is 2.84. The van der Waals surface area contributed by atoms with Crippen LogP contribution < -0.4 is 23.8 Å². The fraction of sp³-hybridized carbons (Fsp3) is 0.269.